The number of rotatable bonds is 5. The number of carbonyl (C=O) groups is 2. The second-order valence-corrected chi connectivity index (χ2v) is 8.78. The molecule has 3 aromatic carbocycles. The summed E-state index contributed by atoms with van der Waals surface area (Å²) >= 11 is 0. The van der Waals surface area contributed by atoms with Gasteiger partial charge in [0.1, 0.15) is 12.2 Å². The molecule has 162 valence electrons. The summed E-state index contributed by atoms with van der Waals surface area (Å²) < 4.78 is 27.6. The fraction of sp³-hybridized carbons (Fsp3) is 0.0435. The first-order chi connectivity index (χ1) is 15.4. The van der Waals surface area contributed by atoms with Gasteiger partial charge >= 0.3 is 0 Å². The number of amides is 1. The van der Waals surface area contributed by atoms with Crippen molar-refractivity contribution in [2.24, 2.45) is 0 Å². The molecule has 0 saturated carbocycles. The van der Waals surface area contributed by atoms with Crippen molar-refractivity contribution in [1.29, 1.82) is 0 Å². The van der Waals surface area contributed by atoms with E-state index in [1.807, 2.05) is 5.48 Å². The van der Waals surface area contributed by atoms with Crippen molar-refractivity contribution in [3.05, 3.63) is 102 Å². The minimum absolute atomic E-state index is 0.0362. The first kappa shape index (κ1) is 21.3. The fourth-order valence-corrected chi connectivity index (χ4v) is 5.10. The van der Waals surface area contributed by atoms with Gasteiger partial charge < -0.3 is 5.32 Å². The number of benzene rings is 3. The van der Waals surface area contributed by atoms with Crippen molar-refractivity contribution in [2.75, 3.05) is 11.9 Å². The van der Waals surface area contributed by atoms with Gasteiger partial charge in [0.15, 0.2) is 0 Å². The maximum atomic E-state index is 13.4. The van der Waals surface area contributed by atoms with Gasteiger partial charge in [-0.25, -0.2) is 8.42 Å². The summed E-state index contributed by atoms with van der Waals surface area (Å²) in [5.41, 5.74) is 2.31. The van der Waals surface area contributed by atoms with Crippen LogP contribution in [-0.4, -0.2) is 36.2 Å². The van der Waals surface area contributed by atoms with E-state index in [1.165, 1.54) is 18.2 Å². The number of hydrogen-bond donors (Lipinski definition) is 3. The highest BCUT2D eigenvalue weighted by Crippen LogP contribution is 2.35. The van der Waals surface area contributed by atoms with Gasteiger partial charge in [0.25, 0.3) is 10.0 Å². The second-order valence-electron chi connectivity index (χ2n) is 6.95. The van der Waals surface area contributed by atoms with Crippen LogP contribution in [0.4, 0.5) is 5.69 Å². The smallest absolute Gasteiger partial charge is 0.265 e. The predicted molar refractivity (Wildman–Crippen MR) is 118 cm³/mol. The van der Waals surface area contributed by atoms with Crippen LogP contribution in [0, 0.1) is 0 Å². The lowest BCUT2D eigenvalue weighted by molar-refractivity contribution is -0.116. The maximum Gasteiger partial charge on any atom is 0.265 e. The van der Waals surface area contributed by atoms with E-state index in [4.69, 9.17) is 0 Å². The molecule has 3 N–H and O–H groups in total. The molecular weight excluding hydrogens is 430 g/mol. The number of ketones is 1. The topological polar surface area (TPSA) is 116 Å². The van der Waals surface area contributed by atoms with Crippen molar-refractivity contribution in [1.82, 2.24) is 9.79 Å². The normalized spacial score (nSPS) is 16.2. The number of carbonyl (C=O) groups excluding carboxylic acids is 2. The summed E-state index contributed by atoms with van der Waals surface area (Å²) in [6.07, 6.45) is 0. The molecule has 8 nitrogen and oxygen atoms in total. The zero-order valence-corrected chi connectivity index (χ0v) is 17.5. The van der Waals surface area contributed by atoms with Crippen LogP contribution in [-0.2, 0) is 14.8 Å². The molecule has 0 unspecified atom stereocenters. The van der Waals surface area contributed by atoms with E-state index < -0.39 is 28.3 Å². The number of nitrogens with one attached hydrogen (secondary N) is 2. The van der Waals surface area contributed by atoms with Gasteiger partial charge in [-0.05, 0) is 24.3 Å². The SMILES string of the molecule is O=C(CN1/C(=C(/NO)c2ccccc2)C(=O)c2ccccc2S1(=O)=O)Nc1ccccc1. The van der Waals surface area contributed by atoms with Gasteiger partial charge in [-0.15, -0.1) is 0 Å². The Labute approximate surface area is 184 Å². The predicted octanol–water partition coefficient (Wildman–Crippen LogP) is 2.86. The standard InChI is InChI=1S/C23H19N3O5S/c27-20(24-17-11-5-2-6-12-17)15-26-22(21(25-29)16-9-3-1-4-10-16)23(28)18-13-7-8-14-19(18)32(26,30)31/h1-14,25,29H,15H2,(H,24,27)/b22-21+. The van der Waals surface area contributed by atoms with Crippen molar-refractivity contribution >= 4 is 33.1 Å². The van der Waals surface area contributed by atoms with Gasteiger partial charge in [0, 0.05) is 16.8 Å². The molecule has 0 saturated heterocycles. The second kappa shape index (κ2) is 8.66. The third-order valence-electron chi connectivity index (χ3n) is 4.92. The van der Waals surface area contributed by atoms with Crippen LogP contribution in [0.2, 0.25) is 0 Å². The molecule has 0 fully saturated rings. The van der Waals surface area contributed by atoms with Gasteiger partial charge in [0.2, 0.25) is 11.7 Å². The fourth-order valence-electron chi connectivity index (χ4n) is 3.47. The van der Waals surface area contributed by atoms with Gasteiger partial charge in [-0.3, -0.25) is 24.6 Å². The minimum atomic E-state index is -4.27. The van der Waals surface area contributed by atoms with E-state index in [2.05, 4.69) is 5.32 Å². The third-order valence-corrected chi connectivity index (χ3v) is 6.72. The van der Waals surface area contributed by atoms with Gasteiger partial charge in [0.05, 0.1) is 10.6 Å². The van der Waals surface area contributed by atoms with Crippen molar-refractivity contribution in [3.63, 3.8) is 0 Å². The Hall–Kier alpha value is -3.95. The number of nitrogens with zero attached hydrogens (tertiary/aromatic N) is 1. The molecule has 0 aliphatic carbocycles. The van der Waals surface area contributed by atoms with Crippen LogP contribution in [0.1, 0.15) is 15.9 Å². The molecule has 4 rings (SSSR count). The lowest BCUT2D eigenvalue weighted by atomic mass is 10.0. The zero-order chi connectivity index (χ0) is 22.7. The van der Waals surface area contributed by atoms with Crippen LogP contribution in [0.3, 0.4) is 0 Å². The summed E-state index contributed by atoms with van der Waals surface area (Å²) in [5.74, 6) is -1.28. The van der Waals surface area contributed by atoms with Crippen LogP contribution < -0.4 is 10.8 Å². The molecule has 0 spiro atoms. The van der Waals surface area contributed by atoms with E-state index in [-0.39, 0.29) is 21.9 Å². The summed E-state index contributed by atoms with van der Waals surface area (Å²) in [7, 11) is -4.27. The summed E-state index contributed by atoms with van der Waals surface area (Å²) in [5, 5.41) is 12.5. The number of fused-ring (bicyclic) bond motifs is 1. The highest BCUT2D eigenvalue weighted by molar-refractivity contribution is 7.89. The Morgan fingerprint density at radius 3 is 2.12 bits per heavy atom. The average Bonchev–Trinajstić information content (AvgIpc) is 2.81. The lowest BCUT2D eigenvalue weighted by Gasteiger charge is -2.32. The van der Waals surface area contributed by atoms with Crippen molar-refractivity contribution in [2.45, 2.75) is 4.90 Å². The summed E-state index contributed by atoms with van der Waals surface area (Å²) in [4.78, 5) is 25.9. The largest absolute Gasteiger partial charge is 0.325 e. The number of Topliss-reactive ketones (excluding diaryl/α,β-unsaturated/α-hetero) is 1. The van der Waals surface area contributed by atoms with E-state index >= 15 is 0 Å². The molecule has 1 aliphatic heterocycles. The maximum absolute atomic E-state index is 13.4. The van der Waals surface area contributed by atoms with Crippen LogP contribution in [0.5, 0.6) is 0 Å². The summed E-state index contributed by atoms with van der Waals surface area (Å²) in [6, 6.07) is 22.6. The third kappa shape index (κ3) is 3.86. The van der Waals surface area contributed by atoms with E-state index in [1.54, 1.807) is 66.7 Å². The number of hydrogen-bond acceptors (Lipinski definition) is 6. The molecule has 1 aliphatic rings. The molecule has 1 heterocycles. The first-order valence-electron chi connectivity index (χ1n) is 9.64. The van der Waals surface area contributed by atoms with E-state index in [0.717, 1.165) is 4.31 Å². The quantitative estimate of drug-likeness (QED) is 0.408. The van der Waals surface area contributed by atoms with Gasteiger partial charge in [-0.1, -0.05) is 60.7 Å². The van der Waals surface area contributed by atoms with Crippen LogP contribution >= 0.6 is 0 Å². The Balaban J connectivity index is 1.86. The molecule has 0 aromatic heterocycles. The Kier molecular flexibility index (Phi) is 5.76. The molecule has 1 amide bonds. The van der Waals surface area contributed by atoms with Crippen LogP contribution in [0.15, 0.2) is 95.5 Å². The number of sulfonamides is 1. The minimum Gasteiger partial charge on any atom is -0.325 e. The first-order valence-corrected chi connectivity index (χ1v) is 11.1. The van der Waals surface area contributed by atoms with Crippen molar-refractivity contribution < 1.29 is 23.2 Å². The molecular formula is C23H19N3O5S. The van der Waals surface area contributed by atoms with E-state index in [0.29, 0.717) is 11.3 Å². The molecule has 0 bridgehead atoms. The van der Waals surface area contributed by atoms with Crippen molar-refractivity contribution in [3.8, 4) is 0 Å². The number of hydroxylamine groups is 1. The Bertz CT molecular complexity index is 1310. The number of para-hydroxylation sites is 1. The number of allylic oxidation sites excluding steroid dienone is 1. The highest BCUT2D eigenvalue weighted by atomic mass is 32.2. The Morgan fingerprint density at radius 1 is 0.875 bits per heavy atom. The zero-order valence-electron chi connectivity index (χ0n) is 16.7. The molecule has 32 heavy (non-hydrogen) atoms. The molecule has 3 aromatic rings. The number of anilines is 1. The lowest BCUT2D eigenvalue weighted by Crippen LogP contribution is -2.44. The molecule has 0 radical (unpaired) electrons. The Morgan fingerprint density at radius 2 is 1.47 bits per heavy atom. The highest BCUT2D eigenvalue weighted by Gasteiger charge is 2.42. The average molecular weight is 449 g/mol. The molecule has 0 atom stereocenters. The van der Waals surface area contributed by atoms with Gasteiger partial charge in [-0.2, -0.15) is 0 Å². The molecule has 9 heteroatoms. The summed E-state index contributed by atoms with van der Waals surface area (Å²) in [6.45, 7) is -0.662. The monoisotopic (exact) mass is 449 g/mol. The van der Waals surface area contributed by atoms with E-state index in [9.17, 15) is 23.2 Å². The van der Waals surface area contributed by atoms with Crippen LogP contribution in [0.25, 0.3) is 5.70 Å².